The highest BCUT2D eigenvalue weighted by Crippen LogP contribution is 2.38. The number of methoxy groups -OCH3 is 2. The number of carbonyl (C=O) groups excluding carboxylic acids is 2. The SMILES string of the molecule is COc1cc2c(cc1OC)C(CNC(=O)c1ccc(Cl)cc1)N(C(=O)Nc1ccccc1F)CC2. The molecule has 1 unspecified atom stereocenters. The van der Waals surface area contributed by atoms with Crippen molar-refractivity contribution in [3.63, 3.8) is 0 Å². The van der Waals surface area contributed by atoms with Crippen molar-refractivity contribution in [1.29, 1.82) is 0 Å². The van der Waals surface area contributed by atoms with Gasteiger partial charge < -0.3 is 25.0 Å². The average molecular weight is 498 g/mol. The maximum Gasteiger partial charge on any atom is 0.322 e. The molecular weight excluding hydrogens is 473 g/mol. The molecule has 0 aliphatic carbocycles. The third-order valence-corrected chi connectivity index (χ3v) is 6.19. The normalized spacial score (nSPS) is 14.6. The molecule has 1 heterocycles. The number of hydrogen-bond acceptors (Lipinski definition) is 4. The lowest BCUT2D eigenvalue weighted by atomic mass is 9.91. The molecule has 7 nitrogen and oxygen atoms in total. The Kier molecular flexibility index (Phi) is 7.41. The molecular formula is C26H25ClFN3O4. The highest BCUT2D eigenvalue weighted by molar-refractivity contribution is 6.30. The Bertz CT molecular complexity index is 1240. The molecule has 0 saturated heterocycles. The number of rotatable bonds is 6. The molecule has 0 radical (unpaired) electrons. The first-order chi connectivity index (χ1) is 16.9. The summed E-state index contributed by atoms with van der Waals surface area (Å²) in [7, 11) is 3.10. The second-order valence-electron chi connectivity index (χ2n) is 7.99. The maximum absolute atomic E-state index is 14.2. The van der Waals surface area contributed by atoms with Crippen molar-refractivity contribution in [3.8, 4) is 11.5 Å². The van der Waals surface area contributed by atoms with Gasteiger partial charge in [0.05, 0.1) is 25.9 Å². The van der Waals surface area contributed by atoms with Crippen LogP contribution in [0.3, 0.4) is 0 Å². The van der Waals surface area contributed by atoms with Crippen LogP contribution in [0, 0.1) is 5.82 Å². The molecule has 0 spiro atoms. The van der Waals surface area contributed by atoms with Crippen molar-refractivity contribution in [2.75, 3.05) is 32.6 Å². The number of anilines is 1. The van der Waals surface area contributed by atoms with Crippen LogP contribution in [0.2, 0.25) is 5.02 Å². The van der Waals surface area contributed by atoms with E-state index in [4.69, 9.17) is 21.1 Å². The van der Waals surface area contributed by atoms with Gasteiger partial charge in [-0.05, 0) is 66.1 Å². The van der Waals surface area contributed by atoms with Crippen LogP contribution in [0.1, 0.15) is 27.5 Å². The Balaban J connectivity index is 1.63. The van der Waals surface area contributed by atoms with E-state index in [0.29, 0.717) is 35.1 Å². The van der Waals surface area contributed by atoms with Crippen LogP contribution < -0.4 is 20.1 Å². The molecule has 2 N–H and O–H groups in total. The van der Waals surface area contributed by atoms with Gasteiger partial charge in [0.1, 0.15) is 5.82 Å². The highest BCUT2D eigenvalue weighted by atomic mass is 35.5. The smallest absolute Gasteiger partial charge is 0.322 e. The van der Waals surface area contributed by atoms with Gasteiger partial charge in [-0.15, -0.1) is 0 Å². The van der Waals surface area contributed by atoms with Crippen LogP contribution in [-0.4, -0.2) is 44.1 Å². The lowest BCUT2D eigenvalue weighted by molar-refractivity contribution is 0.0936. The van der Waals surface area contributed by atoms with Crippen LogP contribution in [0.5, 0.6) is 11.5 Å². The summed E-state index contributed by atoms with van der Waals surface area (Å²) in [4.78, 5) is 27.6. The number of fused-ring (bicyclic) bond motifs is 1. The Labute approximate surface area is 207 Å². The summed E-state index contributed by atoms with van der Waals surface area (Å²) in [5.41, 5.74) is 2.32. The van der Waals surface area contributed by atoms with Gasteiger partial charge in [0, 0.05) is 23.7 Å². The molecule has 4 rings (SSSR count). The van der Waals surface area contributed by atoms with E-state index in [9.17, 15) is 14.0 Å². The Morgan fingerprint density at radius 2 is 1.74 bits per heavy atom. The first-order valence-electron chi connectivity index (χ1n) is 11.0. The van der Waals surface area contributed by atoms with E-state index >= 15 is 0 Å². The standard InChI is InChI=1S/C26H25ClFN3O4/c1-34-23-13-17-11-12-31(26(33)30-21-6-4-3-5-20(21)28)22(19(17)14-24(23)35-2)15-29-25(32)16-7-9-18(27)10-8-16/h3-10,13-14,22H,11-12,15H2,1-2H3,(H,29,32)(H,30,33). The summed E-state index contributed by atoms with van der Waals surface area (Å²) in [6, 6.07) is 15.2. The number of para-hydroxylation sites is 1. The first-order valence-corrected chi connectivity index (χ1v) is 11.4. The summed E-state index contributed by atoms with van der Waals surface area (Å²) in [6.07, 6.45) is 0.558. The molecule has 9 heteroatoms. The Hall–Kier alpha value is -3.78. The molecule has 0 fully saturated rings. The Morgan fingerprint density at radius 3 is 2.43 bits per heavy atom. The van der Waals surface area contributed by atoms with Crippen molar-refractivity contribution in [1.82, 2.24) is 10.2 Å². The minimum atomic E-state index is -0.530. The molecule has 3 aromatic carbocycles. The van der Waals surface area contributed by atoms with E-state index in [0.717, 1.165) is 11.1 Å². The van der Waals surface area contributed by atoms with Gasteiger partial charge in [-0.25, -0.2) is 9.18 Å². The van der Waals surface area contributed by atoms with Crippen molar-refractivity contribution in [2.24, 2.45) is 0 Å². The summed E-state index contributed by atoms with van der Waals surface area (Å²) in [5, 5.41) is 6.08. The molecule has 1 atom stereocenters. The number of carbonyl (C=O) groups is 2. The summed E-state index contributed by atoms with van der Waals surface area (Å²) in [6.45, 7) is 0.499. The molecule has 3 amide bonds. The molecule has 3 aromatic rings. The van der Waals surface area contributed by atoms with Crippen molar-refractivity contribution in [3.05, 3.63) is 88.2 Å². The number of urea groups is 1. The fourth-order valence-electron chi connectivity index (χ4n) is 4.13. The summed E-state index contributed by atoms with van der Waals surface area (Å²) >= 11 is 5.92. The average Bonchev–Trinajstić information content (AvgIpc) is 2.87. The third-order valence-electron chi connectivity index (χ3n) is 5.94. The topological polar surface area (TPSA) is 79.9 Å². The van der Waals surface area contributed by atoms with Gasteiger partial charge in [0.15, 0.2) is 11.5 Å². The fourth-order valence-corrected chi connectivity index (χ4v) is 4.26. The zero-order chi connectivity index (χ0) is 24.9. The molecule has 0 saturated carbocycles. The monoisotopic (exact) mass is 497 g/mol. The molecule has 1 aliphatic rings. The highest BCUT2D eigenvalue weighted by Gasteiger charge is 2.33. The summed E-state index contributed by atoms with van der Waals surface area (Å²) < 4.78 is 25.1. The minimum Gasteiger partial charge on any atom is -0.493 e. The predicted octanol–water partition coefficient (Wildman–Crippen LogP) is 5.06. The maximum atomic E-state index is 14.2. The van der Waals surface area contributed by atoms with E-state index < -0.39 is 17.9 Å². The quantitative estimate of drug-likeness (QED) is 0.499. The summed E-state index contributed by atoms with van der Waals surface area (Å²) in [5.74, 6) is 0.261. The minimum absolute atomic E-state index is 0.0829. The number of hydrogen-bond donors (Lipinski definition) is 2. The van der Waals surface area contributed by atoms with Crippen LogP contribution in [0.15, 0.2) is 60.7 Å². The van der Waals surface area contributed by atoms with E-state index in [1.165, 1.54) is 19.2 Å². The fraction of sp³-hybridized carbons (Fsp3) is 0.231. The number of halogens is 2. The zero-order valence-electron chi connectivity index (χ0n) is 19.3. The van der Waals surface area contributed by atoms with Crippen LogP contribution >= 0.6 is 11.6 Å². The van der Waals surface area contributed by atoms with Gasteiger partial charge in [-0.1, -0.05) is 23.7 Å². The van der Waals surface area contributed by atoms with E-state index in [1.807, 2.05) is 12.1 Å². The number of nitrogens with zero attached hydrogens (tertiary/aromatic N) is 1. The molecule has 0 bridgehead atoms. The lowest BCUT2D eigenvalue weighted by Crippen LogP contribution is -2.47. The van der Waals surface area contributed by atoms with Gasteiger partial charge >= 0.3 is 6.03 Å². The second-order valence-corrected chi connectivity index (χ2v) is 8.43. The van der Waals surface area contributed by atoms with Crippen molar-refractivity contribution >= 4 is 29.2 Å². The first kappa shape index (κ1) is 24.3. The van der Waals surface area contributed by atoms with Crippen molar-refractivity contribution < 1.29 is 23.5 Å². The number of benzene rings is 3. The number of amides is 3. The second kappa shape index (κ2) is 10.7. The van der Waals surface area contributed by atoms with E-state index in [2.05, 4.69) is 10.6 Å². The van der Waals surface area contributed by atoms with Gasteiger partial charge in [-0.2, -0.15) is 0 Å². The van der Waals surface area contributed by atoms with Crippen LogP contribution in [-0.2, 0) is 6.42 Å². The Morgan fingerprint density at radius 1 is 1.06 bits per heavy atom. The molecule has 35 heavy (non-hydrogen) atoms. The van der Waals surface area contributed by atoms with Gasteiger partial charge in [0.25, 0.3) is 5.91 Å². The largest absolute Gasteiger partial charge is 0.493 e. The number of nitrogens with one attached hydrogen (secondary N) is 2. The zero-order valence-corrected chi connectivity index (χ0v) is 20.1. The molecule has 0 aromatic heterocycles. The molecule has 182 valence electrons. The van der Waals surface area contributed by atoms with E-state index in [-0.39, 0.29) is 18.1 Å². The van der Waals surface area contributed by atoms with Gasteiger partial charge in [-0.3, -0.25) is 4.79 Å². The lowest BCUT2D eigenvalue weighted by Gasteiger charge is -2.38. The molecule has 1 aliphatic heterocycles. The van der Waals surface area contributed by atoms with Gasteiger partial charge in [0.2, 0.25) is 0 Å². The number of ether oxygens (including phenoxy) is 2. The third kappa shape index (κ3) is 5.33. The van der Waals surface area contributed by atoms with Crippen LogP contribution in [0.25, 0.3) is 0 Å². The van der Waals surface area contributed by atoms with E-state index in [1.54, 1.807) is 48.4 Å². The van der Waals surface area contributed by atoms with Crippen LogP contribution in [0.4, 0.5) is 14.9 Å². The van der Waals surface area contributed by atoms with Crippen molar-refractivity contribution in [2.45, 2.75) is 12.5 Å². The predicted molar refractivity (Wildman–Crippen MR) is 132 cm³/mol.